The third-order valence-corrected chi connectivity index (χ3v) is 3.38. The van der Waals surface area contributed by atoms with Gasteiger partial charge in [0.15, 0.2) is 5.70 Å². The van der Waals surface area contributed by atoms with Crippen LogP contribution in [0.4, 0.5) is 0 Å². The van der Waals surface area contributed by atoms with Gasteiger partial charge in [-0.05, 0) is 18.2 Å². The topological polar surface area (TPSA) is 80.0 Å². The number of furan rings is 1. The lowest BCUT2D eigenvalue weighted by Gasteiger charge is -2.35. The Morgan fingerprint density at radius 3 is 2.67 bits per heavy atom. The summed E-state index contributed by atoms with van der Waals surface area (Å²) in [5.74, 6) is -0.681. The Morgan fingerprint density at radius 2 is 2.14 bits per heavy atom. The van der Waals surface area contributed by atoms with Crippen molar-refractivity contribution >= 4 is 18.0 Å². The van der Waals surface area contributed by atoms with Crippen molar-refractivity contribution in [3.63, 3.8) is 0 Å². The van der Waals surface area contributed by atoms with Gasteiger partial charge in [-0.2, -0.15) is 0 Å². The first kappa shape index (κ1) is 13.5. The molecular formula is C15H15NO5. The highest BCUT2D eigenvalue weighted by atomic mass is 16.5. The number of fused-ring (bicyclic) bond motifs is 1. The van der Waals surface area contributed by atoms with Gasteiger partial charge in [-0.3, -0.25) is 9.69 Å². The average molecular weight is 289 g/mol. The van der Waals surface area contributed by atoms with Gasteiger partial charge in [0.05, 0.1) is 11.8 Å². The second-order valence-corrected chi connectivity index (χ2v) is 5.99. The van der Waals surface area contributed by atoms with Gasteiger partial charge in [-0.15, -0.1) is 0 Å². The molecule has 0 aromatic carbocycles. The van der Waals surface area contributed by atoms with E-state index in [0.29, 0.717) is 17.1 Å². The van der Waals surface area contributed by atoms with Crippen molar-refractivity contribution in [1.82, 2.24) is 4.90 Å². The molecule has 6 nitrogen and oxygen atoms in total. The molecule has 110 valence electrons. The lowest BCUT2D eigenvalue weighted by atomic mass is 9.92. The number of carboxylic acid groups (broad SMARTS) is 1. The molecule has 1 atom stereocenters. The van der Waals surface area contributed by atoms with Crippen molar-refractivity contribution in [2.24, 2.45) is 5.41 Å². The van der Waals surface area contributed by atoms with Crippen LogP contribution in [-0.2, 0) is 14.3 Å². The quantitative estimate of drug-likeness (QED) is 0.667. The van der Waals surface area contributed by atoms with Crippen LogP contribution >= 0.6 is 0 Å². The summed E-state index contributed by atoms with van der Waals surface area (Å²) >= 11 is 0. The molecule has 1 saturated heterocycles. The summed E-state index contributed by atoms with van der Waals surface area (Å²) in [6, 6.07) is 3.43. The molecule has 0 bridgehead atoms. The zero-order valence-corrected chi connectivity index (χ0v) is 11.9. The zero-order chi connectivity index (χ0) is 15.4. The first-order valence-electron chi connectivity index (χ1n) is 6.54. The van der Waals surface area contributed by atoms with Gasteiger partial charge in [0.2, 0.25) is 6.23 Å². The Labute approximate surface area is 121 Å². The summed E-state index contributed by atoms with van der Waals surface area (Å²) in [4.78, 5) is 24.8. The molecule has 2 aliphatic heterocycles. The van der Waals surface area contributed by atoms with Gasteiger partial charge >= 0.3 is 5.97 Å². The maximum Gasteiger partial charge on any atom is 0.356 e. The smallest absolute Gasteiger partial charge is 0.356 e. The fraction of sp³-hybridized carbons (Fsp3) is 0.333. The van der Waals surface area contributed by atoms with E-state index < -0.39 is 17.6 Å². The molecule has 3 heterocycles. The molecule has 3 rings (SSSR count). The van der Waals surface area contributed by atoms with E-state index in [1.54, 1.807) is 18.2 Å². The number of allylic oxidation sites excluding steroid dienone is 1. The van der Waals surface area contributed by atoms with Gasteiger partial charge in [-0.25, -0.2) is 4.79 Å². The third-order valence-electron chi connectivity index (χ3n) is 3.38. The van der Waals surface area contributed by atoms with Crippen LogP contribution in [0.25, 0.3) is 6.08 Å². The monoisotopic (exact) mass is 289 g/mol. The van der Waals surface area contributed by atoms with Crippen LogP contribution in [0.1, 0.15) is 26.5 Å². The molecule has 2 aliphatic rings. The van der Waals surface area contributed by atoms with Crippen LogP contribution in [0.2, 0.25) is 0 Å². The Bertz CT molecular complexity index is 675. The molecule has 1 aromatic rings. The standard InChI is InChI=1S/C15H15NO5/c1-15(2,3)11-10(14(18)19)16-12(17)9(13(16)21-11)7-8-5-4-6-20-8/h4-7,13H,1-3H3,(H,18,19)/b9-7-. The van der Waals surface area contributed by atoms with Crippen molar-refractivity contribution < 1.29 is 23.8 Å². The molecule has 6 heteroatoms. The minimum Gasteiger partial charge on any atom is -0.476 e. The van der Waals surface area contributed by atoms with E-state index in [0.717, 1.165) is 0 Å². The number of nitrogens with zero attached hydrogens (tertiary/aromatic N) is 1. The van der Waals surface area contributed by atoms with E-state index in [2.05, 4.69) is 0 Å². The molecule has 0 aliphatic carbocycles. The normalized spacial score (nSPS) is 23.2. The minimum absolute atomic E-state index is 0.0749. The largest absolute Gasteiger partial charge is 0.476 e. The SMILES string of the molecule is CC(C)(C)C1=C(C(=O)O)N2C(=O)/C(=C/c3ccco3)C2O1. The number of rotatable bonds is 2. The highest BCUT2D eigenvalue weighted by Crippen LogP contribution is 2.46. The molecule has 1 N–H and O–H groups in total. The second kappa shape index (κ2) is 4.25. The summed E-state index contributed by atoms with van der Waals surface area (Å²) in [6.45, 7) is 5.53. The van der Waals surface area contributed by atoms with E-state index in [4.69, 9.17) is 9.15 Å². The zero-order valence-electron chi connectivity index (χ0n) is 11.9. The van der Waals surface area contributed by atoms with Crippen molar-refractivity contribution in [2.75, 3.05) is 0 Å². The number of hydrogen-bond donors (Lipinski definition) is 1. The van der Waals surface area contributed by atoms with E-state index in [1.165, 1.54) is 11.2 Å². The summed E-state index contributed by atoms with van der Waals surface area (Å²) in [6.07, 6.45) is 2.40. The van der Waals surface area contributed by atoms with Crippen molar-refractivity contribution in [1.29, 1.82) is 0 Å². The second-order valence-electron chi connectivity index (χ2n) is 5.99. The first-order valence-corrected chi connectivity index (χ1v) is 6.54. The molecule has 1 fully saturated rings. The van der Waals surface area contributed by atoms with Gasteiger partial charge in [-0.1, -0.05) is 20.8 Å². The number of ether oxygens (including phenoxy) is 1. The molecule has 1 aromatic heterocycles. The Balaban J connectivity index is 1.98. The van der Waals surface area contributed by atoms with E-state index in [9.17, 15) is 14.7 Å². The summed E-state index contributed by atoms with van der Waals surface area (Å²) in [5.41, 5.74) is -0.182. The molecule has 1 unspecified atom stereocenters. The van der Waals surface area contributed by atoms with Crippen molar-refractivity contribution in [3.8, 4) is 0 Å². The van der Waals surface area contributed by atoms with E-state index in [1.807, 2.05) is 20.8 Å². The van der Waals surface area contributed by atoms with E-state index in [-0.39, 0.29) is 11.6 Å². The fourth-order valence-corrected chi connectivity index (χ4v) is 2.43. The Kier molecular flexibility index (Phi) is 2.73. The Hall–Kier alpha value is -2.50. The molecule has 0 spiro atoms. The third kappa shape index (κ3) is 1.94. The van der Waals surface area contributed by atoms with Crippen molar-refractivity contribution in [2.45, 2.75) is 27.0 Å². The van der Waals surface area contributed by atoms with Gasteiger partial charge in [0.1, 0.15) is 11.5 Å². The van der Waals surface area contributed by atoms with Crippen LogP contribution < -0.4 is 0 Å². The molecule has 0 saturated carbocycles. The van der Waals surface area contributed by atoms with Crippen LogP contribution in [0.15, 0.2) is 39.8 Å². The molecule has 0 radical (unpaired) electrons. The van der Waals surface area contributed by atoms with E-state index >= 15 is 0 Å². The van der Waals surface area contributed by atoms with Gasteiger partial charge in [0, 0.05) is 5.41 Å². The van der Waals surface area contributed by atoms with Gasteiger partial charge < -0.3 is 14.3 Å². The number of carbonyl (C=O) groups excluding carboxylic acids is 1. The number of carbonyl (C=O) groups is 2. The minimum atomic E-state index is -1.16. The summed E-state index contributed by atoms with van der Waals surface area (Å²) < 4.78 is 10.9. The molecule has 1 amide bonds. The maximum absolute atomic E-state index is 12.2. The predicted molar refractivity (Wildman–Crippen MR) is 72.5 cm³/mol. The van der Waals surface area contributed by atoms with Crippen LogP contribution in [0.3, 0.4) is 0 Å². The first-order chi connectivity index (χ1) is 9.80. The molecule has 21 heavy (non-hydrogen) atoms. The maximum atomic E-state index is 12.2. The van der Waals surface area contributed by atoms with Gasteiger partial charge in [0.25, 0.3) is 5.91 Å². The summed E-state index contributed by atoms with van der Waals surface area (Å²) in [7, 11) is 0. The number of carboxylic acids is 1. The number of hydrogen-bond acceptors (Lipinski definition) is 4. The lowest BCUT2D eigenvalue weighted by Crippen LogP contribution is -2.52. The fourth-order valence-electron chi connectivity index (χ4n) is 2.43. The number of aliphatic carboxylic acids is 1. The predicted octanol–water partition coefficient (Wildman–Crippen LogP) is 2.20. The lowest BCUT2D eigenvalue weighted by molar-refractivity contribution is -0.147. The summed E-state index contributed by atoms with van der Waals surface area (Å²) in [5, 5.41) is 9.36. The van der Waals surface area contributed by atoms with Crippen LogP contribution in [0, 0.1) is 5.41 Å². The van der Waals surface area contributed by atoms with Crippen LogP contribution in [0.5, 0.6) is 0 Å². The Morgan fingerprint density at radius 1 is 1.43 bits per heavy atom. The molecular weight excluding hydrogens is 274 g/mol. The van der Waals surface area contributed by atoms with Crippen molar-refractivity contribution in [3.05, 3.63) is 41.2 Å². The highest BCUT2D eigenvalue weighted by Gasteiger charge is 2.55. The number of β-lactam (4-membered cyclic amide) rings is 1. The average Bonchev–Trinajstić information content (AvgIpc) is 3.00. The highest BCUT2D eigenvalue weighted by molar-refractivity contribution is 6.10. The van der Waals surface area contributed by atoms with Crippen LogP contribution in [-0.4, -0.2) is 28.1 Å². The number of amides is 1.